The van der Waals surface area contributed by atoms with Crippen molar-refractivity contribution < 1.29 is 14.3 Å². The lowest BCUT2D eigenvalue weighted by atomic mass is 9.78. The van der Waals surface area contributed by atoms with Crippen molar-refractivity contribution in [2.45, 2.75) is 52.1 Å². The van der Waals surface area contributed by atoms with E-state index < -0.39 is 11.6 Å². The van der Waals surface area contributed by atoms with Crippen LogP contribution in [0.3, 0.4) is 0 Å². The highest BCUT2D eigenvalue weighted by Crippen LogP contribution is 2.35. The van der Waals surface area contributed by atoms with Gasteiger partial charge in [-0.3, -0.25) is 9.59 Å². The normalized spacial score (nSPS) is 18.2. The second kappa shape index (κ2) is 11.0. The molecule has 1 N–H and O–H groups in total. The number of anilines is 1. The Bertz CT molecular complexity index is 912. The number of hydrogen-bond acceptors (Lipinski definition) is 4. The van der Waals surface area contributed by atoms with Crippen LogP contribution in [-0.2, 0) is 14.3 Å². The number of benzene rings is 1. The fourth-order valence-electron chi connectivity index (χ4n) is 4.74. The van der Waals surface area contributed by atoms with Crippen LogP contribution in [0.1, 0.15) is 46.5 Å². The minimum atomic E-state index is -1.12. The molecule has 2 aliphatic heterocycles. The Balaban J connectivity index is 1.47. The van der Waals surface area contributed by atoms with E-state index in [0.717, 1.165) is 38.8 Å². The van der Waals surface area contributed by atoms with Crippen molar-refractivity contribution in [3.8, 4) is 0 Å². The van der Waals surface area contributed by atoms with E-state index in [1.807, 2.05) is 4.90 Å². The molecule has 0 unspecified atom stereocenters. The highest BCUT2D eigenvalue weighted by molar-refractivity contribution is 7.80. The molecule has 33 heavy (non-hydrogen) atoms. The fraction of sp³-hybridized carbons (Fsp3) is 0.609. The predicted octanol–water partition coefficient (Wildman–Crippen LogP) is 5.64. The summed E-state index contributed by atoms with van der Waals surface area (Å²) in [6, 6.07) is 3.29. The molecule has 0 spiro atoms. The Morgan fingerprint density at radius 2 is 1.42 bits per heavy atom. The van der Waals surface area contributed by atoms with Gasteiger partial charge in [0.25, 0.3) is 5.91 Å². The molecule has 0 aromatic heterocycles. The van der Waals surface area contributed by atoms with Crippen LogP contribution in [0.4, 0.5) is 5.69 Å². The van der Waals surface area contributed by atoms with Gasteiger partial charge in [-0.2, -0.15) is 0 Å². The van der Waals surface area contributed by atoms with E-state index in [0.29, 0.717) is 50.8 Å². The lowest BCUT2D eigenvalue weighted by Crippen LogP contribution is -2.51. The second-order valence-electron chi connectivity index (χ2n) is 9.23. The van der Waals surface area contributed by atoms with E-state index in [9.17, 15) is 9.59 Å². The Hall–Kier alpha value is -1.28. The summed E-state index contributed by atoms with van der Waals surface area (Å²) in [7, 11) is 0. The van der Waals surface area contributed by atoms with Crippen LogP contribution >= 0.6 is 47.0 Å². The number of ether oxygens (including phenoxy) is 1. The van der Waals surface area contributed by atoms with Gasteiger partial charge in [-0.05, 0) is 75.7 Å². The van der Waals surface area contributed by atoms with E-state index in [-0.39, 0.29) is 5.91 Å². The van der Waals surface area contributed by atoms with Crippen LogP contribution < -0.4 is 5.32 Å². The predicted molar refractivity (Wildman–Crippen MR) is 137 cm³/mol. The molecule has 1 aromatic rings. The molecule has 182 valence electrons. The zero-order valence-corrected chi connectivity index (χ0v) is 22.2. The van der Waals surface area contributed by atoms with Gasteiger partial charge in [0, 0.05) is 33.1 Å². The SMILES string of the molecule is CC(=O)OC(C)(C)C(=O)N1CCC(C2CCN(C(=S)Nc3cc(Cl)c(Cl)cc3Cl)CC2)CC1. The van der Waals surface area contributed by atoms with Crippen LogP contribution in [0.25, 0.3) is 0 Å². The monoisotopic (exact) mass is 533 g/mol. The number of piperidine rings is 2. The number of nitrogens with zero attached hydrogens (tertiary/aromatic N) is 2. The molecule has 3 rings (SSSR count). The Kier molecular flexibility index (Phi) is 8.76. The smallest absolute Gasteiger partial charge is 0.303 e. The molecule has 1 aromatic carbocycles. The van der Waals surface area contributed by atoms with Gasteiger partial charge >= 0.3 is 5.97 Å². The van der Waals surface area contributed by atoms with E-state index in [2.05, 4.69) is 10.2 Å². The van der Waals surface area contributed by atoms with E-state index >= 15 is 0 Å². The molecule has 6 nitrogen and oxygen atoms in total. The number of thiocarbonyl (C=S) groups is 1. The first kappa shape index (κ1) is 26.3. The maximum absolute atomic E-state index is 12.8. The summed E-state index contributed by atoms with van der Waals surface area (Å²) in [6.07, 6.45) is 4.03. The first-order valence-electron chi connectivity index (χ1n) is 11.2. The van der Waals surface area contributed by atoms with E-state index in [4.69, 9.17) is 51.8 Å². The third kappa shape index (κ3) is 6.65. The van der Waals surface area contributed by atoms with E-state index in [1.54, 1.807) is 26.0 Å². The van der Waals surface area contributed by atoms with Crippen molar-refractivity contribution in [1.29, 1.82) is 0 Å². The summed E-state index contributed by atoms with van der Waals surface area (Å²) >= 11 is 24.0. The molecule has 2 heterocycles. The van der Waals surface area contributed by atoms with Gasteiger partial charge in [0.05, 0.1) is 20.8 Å². The van der Waals surface area contributed by atoms with Crippen molar-refractivity contribution in [3.63, 3.8) is 0 Å². The number of hydrogen-bond donors (Lipinski definition) is 1. The van der Waals surface area contributed by atoms with Crippen LogP contribution in [-0.4, -0.2) is 58.6 Å². The fourth-order valence-corrected chi connectivity index (χ4v) is 5.63. The maximum atomic E-state index is 12.8. The average molecular weight is 535 g/mol. The number of rotatable bonds is 4. The van der Waals surface area contributed by atoms with Crippen LogP contribution in [0.5, 0.6) is 0 Å². The van der Waals surface area contributed by atoms with Gasteiger partial charge in [-0.1, -0.05) is 34.8 Å². The summed E-state index contributed by atoms with van der Waals surface area (Å²) in [5.41, 5.74) is -0.476. The van der Waals surface area contributed by atoms with Crippen LogP contribution in [0, 0.1) is 11.8 Å². The molecule has 1 amide bonds. The molecule has 10 heteroatoms. The third-order valence-corrected chi connectivity index (χ3v) is 7.88. The standard InChI is InChI=1S/C23H30Cl3N3O3S/c1-14(30)32-23(2,3)21(31)28-8-4-15(5-9-28)16-6-10-29(11-7-16)22(33)27-20-13-18(25)17(24)12-19(20)26/h12-13,15-16H,4-11H2,1-3H3,(H,27,33). The van der Waals surface area contributed by atoms with Crippen molar-refractivity contribution >= 4 is 69.7 Å². The molecule has 2 aliphatic rings. The molecule has 0 atom stereocenters. The molecular weight excluding hydrogens is 505 g/mol. The first-order chi connectivity index (χ1) is 15.5. The highest BCUT2D eigenvalue weighted by Gasteiger charge is 2.38. The van der Waals surface area contributed by atoms with Crippen molar-refractivity contribution in [2.75, 3.05) is 31.5 Å². The number of halogens is 3. The Morgan fingerprint density at radius 1 is 0.939 bits per heavy atom. The van der Waals surface area contributed by atoms with Gasteiger partial charge < -0.3 is 19.9 Å². The van der Waals surface area contributed by atoms with Gasteiger partial charge in [-0.25, -0.2) is 0 Å². The molecule has 0 saturated carbocycles. The quantitative estimate of drug-likeness (QED) is 0.307. The summed E-state index contributed by atoms with van der Waals surface area (Å²) in [5.74, 6) is 0.627. The van der Waals surface area contributed by atoms with Gasteiger partial charge in [0.2, 0.25) is 0 Å². The maximum Gasteiger partial charge on any atom is 0.303 e. The summed E-state index contributed by atoms with van der Waals surface area (Å²) in [5, 5.41) is 5.12. The molecule has 0 bridgehead atoms. The lowest BCUT2D eigenvalue weighted by molar-refractivity contribution is -0.169. The van der Waals surface area contributed by atoms with Crippen LogP contribution in [0.2, 0.25) is 15.1 Å². The molecule has 2 fully saturated rings. The van der Waals surface area contributed by atoms with Gasteiger partial charge in [-0.15, -0.1) is 0 Å². The average Bonchev–Trinajstić information content (AvgIpc) is 2.76. The van der Waals surface area contributed by atoms with Gasteiger partial charge in [0.15, 0.2) is 10.7 Å². The zero-order chi connectivity index (χ0) is 24.3. The molecule has 0 aliphatic carbocycles. The van der Waals surface area contributed by atoms with E-state index in [1.165, 1.54) is 6.92 Å². The van der Waals surface area contributed by atoms with Crippen molar-refractivity contribution in [1.82, 2.24) is 9.80 Å². The topological polar surface area (TPSA) is 61.9 Å². The highest BCUT2D eigenvalue weighted by atomic mass is 35.5. The van der Waals surface area contributed by atoms with Crippen molar-refractivity contribution in [2.24, 2.45) is 11.8 Å². The Labute approximate surface area is 215 Å². The first-order valence-corrected chi connectivity index (χ1v) is 12.7. The number of carbonyl (C=O) groups excluding carboxylic acids is 2. The summed E-state index contributed by atoms with van der Waals surface area (Å²) in [4.78, 5) is 28.0. The lowest BCUT2D eigenvalue weighted by Gasteiger charge is -2.42. The second-order valence-corrected chi connectivity index (χ2v) is 10.8. The zero-order valence-electron chi connectivity index (χ0n) is 19.1. The van der Waals surface area contributed by atoms with Crippen LogP contribution in [0.15, 0.2) is 12.1 Å². The summed E-state index contributed by atoms with van der Waals surface area (Å²) in [6.45, 7) is 7.77. The van der Waals surface area contributed by atoms with Gasteiger partial charge in [0.1, 0.15) is 0 Å². The number of nitrogens with one attached hydrogen (secondary N) is 1. The number of amides is 1. The van der Waals surface area contributed by atoms with Crippen molar-refractivity contribution in [3.05, 3.63) is 27.2 Å². The number of carbonyl (C=O) groups is 2. The molecule has 0 radical (unpaired) electrons. The Morgan fingerprint density at radius 3 is 1.94 bits per heavy atom. The minimum Gasteiger partial charge on any atom is -0.450 e. The molecular formula is C23H30Cl3N3O3S. The third-order valence-electron chi connectivity index (χ3n) is 6.49. The number of esters is 1. The minimum absolute atomic E-state index is 0.122. The summed E-state index contributed by atoms with van der Waals surface area (Å²) < 4.78 is 5.22. The number of likely N-dealkylation sites (tertiary alicyclic amines) is 2. The molecule has 2 saturated heterocycles. The largest absolute Gasteiger partial charge is 0.450 e.